The van der Waals surface area contributed by atoms with Gasteiger partial charge in [-0.3, -0.25) is 4.79 Å². The fourth-order valence-electron chi connectivity index (χ4n) is 3.65. The number of ketones is 1. The molecule has 2 atom stereocenters. The molecule has 2 aliphatic rings. The highest BCUT2D eigenvalue weighted by Crippen LogP contribution is 2.45. The molecule has 80 valence electrons. The molecule has 0 saturated heterocycles. The topological polar surface area (TPSA) is 17.1 Å². The summed E-state index contributed by atoms with van der Waals surface area (Å²) >= 11 is 0. The smallest absolute Gasteiger partial charge is 0.132 e. The van der Waals surface area contributed by atoms with Crippen molar-refractivity contribution in [1.29, 1.82) is 0 Å². The zero-order valence-corrected chi connectivity index (χ0v) is 9.46. The normalized spacial score (nSPS) is 42.1. The fourth-order valence-corrected chi connectivity index (χ4v) is 3.65. The molecule has 0 spiro atoms. The van der Waals surface area contributed by atoms with Gasteiger partial charge in [0.2, 0.25) is 0 Å². The summed E-state index contributed by atoms with van der Waals surface area (Å²) in [6, 6.07) is 0. The Morgan fingerprint density at radius 1 is 1.07 bits per heavy atom. The van der Waals surface area contributed by atoms with Gasteiger partial charge in [0.15, 0.2) is 0 Å². The first-order valence-corrected chi connectivity index (χ1v) is 6.19. The maximum atomic E-state index is 11.4. The lowest BCUT2D eigenvalue weighted by molar-refractivity contribution is -0.123. The molecule has 14 heavy (non-hydrogen) atoms. The highest BCUT2D eigenvalue weighted by atomic mass is 16.1. The number of hydrogen-bond acceptors (Lipinski definition) is 1. The molecule has 0 radical (unpaired) electrons. The number of carbonyl (C=O) groups excluding carboxylic acids is 1. The van der Waals surface area contributed by atoms with E-state index in [4.69, 9.17) is 0 Å². The number of fused-ring (bicyclic) bond motifs is 2. The third-order valence-electron chi connectivity index (χ3n) is 4.39. The molecule has 1 nitrogen and oxygen atoms in total. The van der Waals surface area contributed by atoms with Crippen molar-refractivity contribution in [3.63, 3.8) is 0 Å². The Balaban J connectivity index is 1.98. The van der Waals surface area contributed by atoms with Crippen LogP contribution in [0.1, 0.15) is 52.4 Å². The SMILES string of the molecule is CCC1CC2CC(C1)CC(C(C)=O)C2. The Morgan fingerprint density at radius 2 is 1.64 bits per heavy atom. The van der Waals surface area contributed by atoms with Crippen molar-refractivity contribution in [2.24, 2.45) is 23.7 Å². The van der Waals surface area contributed by atoms with E-state index in [-0.39, 0.29) is 0 Å². The first kappa shape index (κ1) is 10.2. The predicted molar refractivity (Wildman–Crippen MR) is 58.0 cm³/mol. The largest absolute Gasteiger partial charge is 0.300 e. The molecule has 0 aromatic heterocycles. The molecule has 0 heterocycles. The highest BCUT2D eigenvalue weighted by Gasteiger charge is 2.36. The van der Waals surface area contributed by atoms with E-state index in [1.807, 2.05) is 0 Å². The zero-order valence-electron chi connectivity index (χ0n) is 9.46. The van der Waals surface area contributed by atoms with Gasteiger partial charge in [-0.25, -0.2) is 0 Å². The van der Waals surface area contributed by atoms with E-state index in [2.05, 4.69) is 6.92 Å². The van der Waals surface area contributed by atoms with Crippen LogP contribution in [0.5, 0.6) is 0 Å². The molecule has 0 N–H and O–H groups in total. The summed E-state index contributed by atoms with van der Waals surface area (Å²) in [5.74, 6) is 3.57. The Labute approximate surface area is 87.3 Å². The molecule has 0 aromatic rings. The first-order chi connectivity index (χ1) is 6.69. The average molecular weight is 194 g/mol. The minimum atomic E-state index is 0.413. The quantitative estimate of drug-likeness (QED) is 0.658. The molecular weight excluding hydrogens is 172 g/mol. The fraction of sp³-hybridized carbons (Fsp3) is 0.923. The minimum Gasteiger partial charge on any atom is -0.300 e. The lowest BCUT2D eigenvalue weighted by Gasteiger charge is -2.41. The van der Waals surface area contributed by atoms with Crippen LogP contribution in [0.3, 0.4) is 0 Å². The average Bonchev–Trinajstić information content (AvgIpc) is 2.16. The van der Waals surface area contributed by atoms with Crippen LogP contribution in [0.2, 0.25) is 0 Å². The number of carbonyl (C=O) groups is 1. The lowest BCUT2D eigenvalue weighted by atomic mass is 9.63. The van der Waals surface area contributed by atoms with E-state index in [1.54, 1.807) is 6.92 Å². The summed E-state index contributed by atoms with van der Waals surface area (Å²) in [6.45, 7) is 4.09. The van der Waals surface area contributed by atoms with Crippen molar-refractivity contribution in [3.05, 3.63) is 0 Å². The Hall–Kier alpha value is -0.330. The third kappa shape index (κ3) is 2.02. The third-order valence-corrected chi connectivity index (χ3v) is 4.39. The van der Waals surface area contributed by atoms with Gasteiger partial charge in [0.25, 0.3) is 0 Å². The van der Waals surface area contributed by atoms with Crippen molar-refractivity contribution in [1.82, 2.24) is 0 Å². The molecule has 0 aromatic carbocycles. The van der Waals surface area contributed by atoms with E-state index in [9.17, 15) is 4.79 Å². The second-order valence-corrected chi connectivity index (χ2v) is 5.49. The Morgan fingerprint density at radius 3 is 2.07 bits per heavy atom. The number of rotatable bonds is 2. The summed E-state index contributed by atoms with van der Waals surface area (Å²) in [4.78, 5) is 11.4. The Bertz CT molecular complexity index is 207. The van der Waals surface area contributed by atoms with Gasteiger partial charge in [0.1, 0.15) is 5.78 Å². The predicted octanol–water partition coefficient (Wildman–Crippen LogP) is 3.43. The molecule has 2 rings (SSSR count). The summed E-state index contributed by atoms with van der Waals surface area (Å²) < 4.78 is 0. The van der Waals surface area contributed by atoms with E-state index in [1.165, 1.54) is 38.5 Å². The highest BCUT2D eigenvalue weighted by molar-refractivity contribution is 5.78. The minimum absolute atomic E-state index is 0.413. The van der Waals surface area contributed by atoms with Crippen LogP contribution in [-0.4, -0.2) is 5.78 Å². The lowest BCUT2D eigenvalue weighted by Crippen LogP contribution is -2.33. The standard InChI is InChI=1S/C13H22O/c1-3-10-4-11-6-12(5-10)8-13(7-11)9(2)14/h10-13H,3-8H2,1-2H3. The number of hydrogen-bond donors (Lipinski definition) is 0. The maximum absolute atomic E-state index is 11.4. The van der Waals surface area contributed by atoms with E-state index in [0.29, 0.717) is 11.7 Å². The first-order valence-electron chi connectivity index (χ1n) is 6.19. The molecule has 2 unspecified atom stereocenters. The monoisotopic (exact) mass is 194 g/mol. The molecule has 0 amide bonds. The van der Waals surface area contributed by atoms with Gasteiger partial charge in [-0.05, 0) is 56.8 Å². The summed E-state index contributed by atoms with van der Waals surface area (Å²) in [5, 5.41) is 0. The van der Waals surface area contributed by atoms with Crippen LogP contribution >= 0.6 is 0 Å². The molecule has 2 aliphatic carbocycles. The van der Waals surface area contributed by atoms with E-state index < -0.39 is 0 Å². The molecule has 0 aliphatic heterocycles. The van der Waals surface area contributed by atoms with Gasteiger partial charge >= 0.3 is 0 Å². The summed E-state index contributed by atoms with van der Waals surface area (Å²) in [6.07, 6.45) is 7.95. The van der Waals surface area contributed by atoms with E-state index in [0.717, 1.165) is 17.8 Å². The summed E-state index contributed by atoms with van der Waals surface area (Å²) in [5.41, 5.74) is 0. The van der Waals surface area contributed by atoms with Gasteiger partial charge in [0, 0.05) is 5.92 Å². The molecule has 1 heteroatoms. The van der Waals surface area contributed by atoms with Gasteiger partial charge in [-0.1, -0.05) is 13.3 Å². The van der Waals surface area contributed by atoms with Crippen LogP contribution in [0.25, 0.3) is 0 Å². The van der Waals surface area contributed by atoms with Gasteiger partial charge < -0.3 is 0 Å². The van der Waals surface area contributed by atoms with Gasteiger partial charge in [-0.15, -0.1) is 0 Å². The van der Waals surface area contributed by atoms with Crippen molar-refractivity contribution in [3.8, 4) is 0 Å². The van der Waals surface area contributed by atoms with Crippen LogP contribution < -0.4 is 0 Å². The van der Waals surface area contributed by atoms with Crippen LogP contribution in [-0.2, 0) is 4.79 Å². The van der Waals surface area contributed by atoms with Crippen molar-refractivity contribution in [2.45, 2.75) is 52.4 Å². The summed E-state index contributed by atoms with van der Waals surface area (Å²) in [7, 11) is 0. The van der Waals surface area contributed by atoms with Crippen molar-refractivity contribution >= 4 is 5.78 Å². The second-order valence-electron chi connectivity index (χ2n) is 5.49. The second kappa shape index (κ2) is 4.04. The van der Waals surface area contributed by atoms with Gasteiger partial charge in [0.05, 0.1) is 0 Å². The van der Waals surface area contributed by atoms with Crippen LogP contribution in [0.4, 0.5) is 0 Å². The van der Waals surface area contributed by atoms with Gasteiger partial charge in [-0.2, -0.15) is 0 Å². The molecule has 2 saturated carbocycles. The maximum Gasteiger partial charge on any atom is 0.132 e. The Kier molecular flexibility index (Phi) is 2.94. The molecular formula is C13H22O. The van der Waals surface area contributed by atoms with E-state index >= 15 is 0 Å². The molecule has 2 fully saturated rings. The number of Topliss-reactive ketones (excluding diaryl/α,β-unsaturated/α-hetero) is 1. The van der Waals surface area contributed by atoms with Crippen molar-refractivity contribution < 1.29 is 4.79 Å². The molecule has 2 bridgehead atoms. The van der Waals surface area contributed by atoms with Crippen LogP contribution in [0, 0.1) is 23.7 Å². The van der Waals surface area contributed by atoms with Crippen molar-refractivity contribution in [2.75, 3.05) is 0 Å². The van der Waals surface area contributed by atoms with Crippen LogP contribution in [0.15, 0.2) is 0 Å². The zero-order chi connectivity index (χ0) is 10.1.